The Kier molecular flexibility index (Phi) is 4.37. The number of hydrogen-bond donors (Lipinski definition) is 1. The van der Waals surface area contributed by atoms with E-state index in [0.717, 1.165) is 0 Å². The predicted octanol–water partition coefficient (Wildman–Crippen LogP) is 3.01. The molecular weight excluding hydrogens is 327 g/mol. The van der Waals surface area contributed by atoms with E-state index < -0.39 is 27.7 Å². The zero-order chi connectivity index (χ0) is 16.5. The van der Waals surface area contributed by atoms with Crippen LogP contribution in [0.1, 0.15) is 25.8 Å². The molecule has 1 N–H and O–H groups in total. The average Bonchev–Trinajstić information content (AvgIpc) is 2.99. The van der Waals surface area contributed by atoms with E-state index in [1.807, 2.05) is 6.07 Å². The molecule has 22 heavy (non-hydrogen) atoms. The highest BCUT2D eigenvalue weighted by Gasteiger charge is 2.69. The number of ether oxygens (including phenoxy) is 1. The van der Waals surface area contributed by atoms with E-state index in [1.165, 1.54) is 6.92 Å². The molecule has 2 atom stereocenters. The molecule has 0 heterocycles. The largest absolute Gasteiger partial charge is 0.452 e. The van der Waals surface area contributed by atoms with Crippen LogP contribution < -0.4 is 5.32 Å². The second-order valence-corrected chi connectivity index (χ2v) is 6.89. The van der Waals surface area contributed by atoms with E-state index in [4.69, 9.17) is 33.2 Å². The lowest BCUT2D eigenvalue weighted by molar-refractivity contribution is -0.158. The maximum Gasteiger partial charge on any atom is 0.315 e. The number of para-hydroxylation sites is 1. The first kappa shape index (κ1) is 16.6. The number of nitrogens with one attached hydrogen (secondary N) is 1. The Morgan fingerprint density at radius 2 is 2.00 bits per heavy atom. The monoisotopic (exact) mass is 340 g/mol. The minimum atomic E-state index is -1.15. The van der Waals surface area contributed by atoms with Gasteiger partial charge in [0.05, 0.1) is 11.3 Å². The van der Waals surface area contributed by atoms with E-state index in [0.29, 0.717) is 11.3 Å². The van der Waals surface area contributed by atoms with E-state index in [1.54, 1.807) is 31.2 Å². The Bertz CT molecular complexity index is 669. The summed E-state index contributed by atoms with van der Waals surface area (Å²) in [6.45, 7) is 3.03. The number of anilines is 1. The molecule has 1 amide bonds. The van der Waals surface area contributed by atoms with Gasteiger partial charge in [0.15, 0.2) is 6.10 Å². The third-order valence-electron chi connectivity index (χ3n) is 3.67. The van der Waals surface area contributed by atoms with Gasteiger partial charge in [-0.15, -0.1) is 23.2 Å². The number of benzene rings is 1. The molecule has 0 aliphatic heterocycles. The molecule has 0 radical (unpaired) electrons. The summed E-state index contributed by atoms with van der Waals surface area (Å²) in [6, 6.07) is 8.51. The van der Waals surface area contributed by atoms with Crippen LogP contribution in [0.25, 0.3) is 0 Å². The van der Waals surface area contributed by atoms with Crippen LogP contribution in [0.5, 0.6) is 0 Å². The van der Waals surface area contributed by atoms with Gasteiger partial charge in [0.1, 0.15) is 15.8 Å². The van der Waals surface area contributed by atoms with Crippen LogP contribution in [0.3, 0.4) is 0 Å². The topological polar surface area (TPSA) is 79.2 Å². The van der Waals surface area contributed by atoms with Gasteiger partial charge in [-0.3, -0.25) is 9.59 Å². The van der Waals surface area contributed by atoms with Crippen LogP contribution in [0.15, 0.2) is 24.3 Å². The van der Waals surface area contributed by atoms with Crippen molar-refractivity contribution >= 4 is 40.8 Å². The third-order valence-corrected chi connectivity index (χ3v) is 4.77. The molecule has 0 bridgehead atoms. The van der Waals surface area contributed by atoms with Crippen LogP contribution in [-0.2, 0) is 14.3 Å². The van der Waals surface area contributed by atoms with Gasteiger partial charge < -0.3 is 10.1 Å². The maximum absolute atomic E-state index is 12.1. The number of carbonyl (C=O) groups excluding carboxylic acids is 2. The highest BCUT2D eigenvalue weighted by atomic mass is 35.5. The Hall–Kier alpha value is -1.77. The minimum absolute atomic E-state index is 0.285. The van der Waals surface area contributed by atoms with Crippen molar-refractivity contribution < 1.29 is 14.3 Å². The Morgan fingerprint density at radius 3 is 2.55 bits per heavy atom. The molecule has 1 saturated carbocycles. The number of hydrogen-bond acceptors (Lipinski definition) is 4. The summed E-state index contributed by atoms with van der Waals surface area (Å²) in [4.78, 5) is 24.1. The van der Waals surface area contributed by atoms with Crippen molar-refractivity contribution in [2.75, 3.05) is 5.32 Å². The summed E-state index contributed by atoms with van der Waals surface area (Å²) < 4.78 is 3.97. The number of amides is 1. The maximum atomic E-state index is 12.1. The van der Waals surface area contributed by atoms with Crippen molar-refractivity contribution in [3.05, 3.63) is 29.8 Å². The summed E-state index contributed by atoms with van der Waals surface area (Å²) in [5.74, 6) is -1.15. The molecule has 0 spiro atoms. The Balaban J connectivity index is 1.99. The van der Waals surface area contributed by atoms with Crippen LogP contribution >= 0.6 is 23.2 Å². The quantitative estimate of drug-likeness (QED) is 0.674. The molecular formula is C15H14Cl2N2O3. The lowest BCUT2D eigenvalue weighted by atomic mass is 10.1. The molecule has 0 saturated heterocycles. The van der Waals surface area contributed by atoms with E-state index in [-0.39, 0.29) is 6.42 Å². The van der Waals surface area contributed by atoms with Gasteiger partial charge in [-0.05, 0) is 26.0 Å². The Morgan fingerprint density at radius 1 is 1.41 bits per heavy atom. The fourth-order valence-electron chi connectivity index (χ4n) is 1.89. The second-order valence-electron chi connectivity index (χ2n) is 5.41. The molecule has 2 rings (SSSR count). The van der Waals surface area contributed by atoms with Gasteiger partial charge in [-0.2, -0.15) is 5.26 Å². The van der Waals surface area contributed by atoms with Crippen LogP contribution in [0.2, 0.25) is 0 Å². The summed E-state index contributed by atoms with van der Waals surface area (Å²) in [5, 5.41) is 11.5. The smallest absolute Gasteiger partial charge is 0.315 e. The van der Waals surface area contributed by atoms with Gasteiger partial charge in [-0.1, -0.05) is 12.1 Å². The molecule has 1 fully saturated rings. The van der Waals surface area contributed by atoms with Crippen molar-refractivity contribution in [2.24, 2.45) is 5.41 Å². The van der Waals surface area contributed by atoms with Crippen molar-refractivity contribution in [1.82, 2.24) is 0 Å². The molecule has 1 aliphatic carbocycles. The Labute approximate surface area is 138 Å². The number of nitrogens with zero attached hydrogens (tertiary/aromatic N) is 1. The molecule has 5 nitrogen and oxygen atoms in total. The average molecular weight is 341 g/mol. The normalized spacial score (nSPS) is 23.0. The molecule has 1 aliphatic rings. The first-order valence-corrected chi connectivity index (χ1v) is 7.36. The SMILES string of the molecule is C[C@H](OC(=O)[C@@]1(C)CC1(Cl)Cl)C(=O)Nc1ccccc1C#N. The van der Waals surface area contributed by atoms with Crippen molar-refractivity contribution in [3.63, 3.8) is 0 Å². The van der Waals surface area contributed by atoms with Crippen molar-refractivity contribution in [1.29, 1.82) is 5.26 Å². The molecule has 116 valence electrons. The lowest BCUT2D eigenvalue weighted by Gasteiger charge is -2.17. The van der Waals surface area contributed by atoms with Gasteiger partial charge in [0.2, 0.25) is 0 Å². The zero-order valence-electron chi connectivity index (χ0n) is 12.0. The van der Waals surface area contributed by atoms with E-state index in [9.17, 15) is 9.59 Å². The van der Waals surface area contributed by atoms with Crippen LogP contribution in [-0.4, -0.2) is 22.3 Å². The number of alkyl halides is 2. The molecule has 0 aromatic heterocycles. The fourth-order valence-corrected chi connectivity index (χ4v) is 2.58. The highest BCUT2D eigenvalue weighted by Crippen LogP contribution is 2.64. The van der Waals surface area contributed by atoms with Crippen molar-refractivity contribution in [3.8, 4) is 6.07 Å². The minimum Gasteiger partial charge on any atom is -0.452 e. The summed E-state index contributed by atoms with van der Waals surface area (Å²) in [5.41, 5.74) is -0.307. The van der Waals surface area contributed by atoms with Crippen molar-refractivity contribution in [2.45, 2.75) is 30.7 Å². The highest BCUT2D eigenvalue weighted by molar-refractivity contribution is 6.53. The van der Waals surface area contributed by atoms with E-state index in [2.05, 4.69) is 5.32 Å². The zero-order valence-corrected chi connectivity index (χ0v) is 13.5. The summed E-state index contributed by atoms with van der Waals surface area (Å²) in [7, 11) is 0. The third kappa shape index (κ3) is 3.03. The molecule has 7 heteroatoms. The molecule has 1 aromatic rings. The molecule has 1 aromatic carbocycles. The lowest BCUT2D eigenvalue weighted by Crippen LogP contribution is -2.33. The number of halogens is 2. The van der Waals surface area contributed by atoms with Gasteiger partial charge in [0.25, 0.3) is 5.91 Å². The van der Waals surface area contributed by atoms with Gasteiger partial charge in [-0.25, -0.2) is 0 Å². The first-order chi connectivity index (χ1) is 10.2. The van der Waals surface area contributed by atoms with Crippen LogP contribution in [0, 0.1) is 16.7 Å². The number of carbonyl (C=O) groups is 2. The summed E-state index contributed by atoms with van der Waals surface area (Å²) in [6.07, 6.45) is -0.742. The number of rotatable bonds is 4. The standard InChI is InChI=1S/C15H14Cl2N2O3/c1-9(22-13(21)14(2)8-15(14,16)17)12(20)19-11-6-4-3-5-10(11)7-18/h3-6,9H,8H2,1-2H3,(H,19,20)/t9-,14+/m0/s1. The first-order valence-electron chi connectivity index (χ1n) is 6.60. The fraction of sp³-hybridized carbons (Fsp3) is 0.400. The van der Waals surface area contributed by atoms with Gasteiger partial charge >= 0.3 is 5.97 Å². The number of nitriles is 1. The predicted molar refractivity (Wildman–Crippen MR) is 82.5 cm³/mol. The number of esters is 1. The summed E-state index contributed by atoms with van der Waals surface area (Å²) >= 11 is 11.8. The van der Waals surface area contributed by atoms with Gasteiger partial charge in [0, 0.05) is 6.42 Å². The van der Waals surface area contributed by atoms with Crippen LogP contribution in [0.4, 0.5) is 5.69 Å². The second kappa shape index (κ2) is 5.79. The van der Waals surface area contributed by atoms with E-state index >= 15 is 0 Å². The molecule has 0 unspecified atom stereocenters.